The average molecular weight is 260 g/mol. The first-order chi connectivity index (χ1) is 9.26. The Kier molecular flexibility index (Phi) is 4.61. The zero-order chi connectivity index (χ0) is 13.7. The maximum atomic E-state index is 9.02. The van der Waals surface area contributed by atoms with E-state index in [-0.39, 0.29) is 6.61 Å². The van der Waals surface area contributed by atoms with Crippen molar-refractivity contribution in [2.45, 2.75) is 6.42 Å². The van der Waals surface area contributed by atoms with Crippen molar-refractivity contribution in [1.82, 2.24) is 4.90 Å². The number of benzene rings is 1. The number of hydrogen-bond acceptors (Lipinski definition) is 5. The minimum Gasteiger partial charge on any atom is -0.396 e. The Balaban J connectivity index is 2.12. The highest BCUT2D eigenvalue weighted by atomic mass is 16.3. The third-order valence-electron chi connectivity index (χ3n) is 3.55. The van der Waals surface area contributed by atoms with Gasteiger partial charge in [-0.1, -0.05) is 6.07 Å². The predicted molar refractivity (Wildman–Crippen MR) is 75.9 cm³/mol. The normalized spacial score (nSPS) is 16.9. The molecule has 0 aromatic heterocycles. The van der Waals surface area contributed by atoms with Gasteiger partial charge in [-0.3, -0.25) is 4.90 Å². The Morgan fingerprint density at radius 2 is 2.11 bits per heavy atom. The summed E-state index contributed by atoms with van der Waals surface area (Å²) in [6, 6.07) is 7.71. The van der Waals surface area contributed by atoms with Crippen LogP contribution in [-0.4, -0.2) is 49.3 Å². The van der Waals surface area contributed by atoms with Crippen molar-refractivity contribution in [3.8, 4) is 6.07 Å². The van der Waals surface area contributed by atoms with Gasteiger partial charge in [-0.05, 0) is 25.1 Å². The lowest BCUT2D eigenvalue weighted by molar-refractivity contribution is 0.204. The second kappa shape index (κ2) is 6.41. The molecule has 19 heavy (non-hydrogen) atoms. The number of rotatable bonds is 3. The number of aliphatic hydroxyl groups is 1. The van der Waals surface area contributed by atoms with Crippen molar-refractivity contribution < 1.29 is 5.11 Å². The van der Waals surface area contributed by atoms with Gasteiger partial charge < -0.3 is 15.7 Å². The average Bonchev–Trinajstić information content (AvgIpc) is 2.65. The molecule has 2 rings (SSSR count). The standard InChI is InChI=1S/C14H20N4O/c15-11-12-3-1-4-13(14(12)16)18-6-2-5-17(7-8-18)9-10-19/h1,3-4,19H,2,5-10,16H2. The van der Waals surface area contributed by atoms with Gasteiger partial charge in [0.05, 0.1) is 23.5 Å². The molecule has 5 heteroatoms. The summed E-state index contributed by atoms with van der Waals surface area (Å²) in [5.41, 5.74) is 8.11. The number of anilines is 2. The van der Waals surface area contributed by atoms with Crippen LogP contribution in [-0.2, 0) is 0 Å². The first-order valence-electron chi connectivity index (χ1n) is 6.63. The van der Waals surface area contributed by atoms with E-state index in [1.54, 1.807) is 6.07 Å². The minimum atomic E-state index is 0.200. The van der Waals surface area contributed by atoms with Crippen LogP contribution in [0.25, 0.3) is 0 Å². The molecule has 0 spiro atoms. The highest BCUT2D eigenvalue weighted by Gasteiger charge is 2.17. The number of aliphatic hydroxyl groups excluding tert-OH is 1. The van der Waals surface area contributed by atoms with Crippen LogP contribution in [0.4, 0.5) is 11.4 Å². The Bertz CT molecular complexity index is 469. The Hall–Kier alpha value is -1.77. The molecule has 0 amide bonds. The molecule has 0 unspecified atom stereocenters. The van der Waals surface area contributed by atoms with Crippen LogP contribution < -0.4 is 10.6 Å². The number of nitriles is 1. The van der Waals surface area contributed by atoms with Gasteiger partial charge >= 0.3 is 0 Å². The molecule has 0 aliphatic carbocycles. The molecule has 0 radical (unpaired) electrons. The highest BCUT2D eigenvalue weighted by molar-refractivity contribution is 5.74. The van der Waals surface area contributed by atoms with E-state index < -0.39 is 0 Å². The molecule has 1 fully saturated rings. The number of nitrogens with zero attached hydrogens (tertiary/aromatic N) is 3. The van der Waals surface area contributed by atoms with E-state index in [9.17, 15) is 0 Å². The molecule has 0 atom stereocenters. The van der Waals surface area contributed by atoms with Crippen LogP contribution in [0.5, 0.6) is 0 Å². The van der Waals surface area contributed by atoms with Gasteiger partial charge in [-0.2, -0.15) is 5.26 Å². The van der Waals surface area contributed by atoms with Crippen molar-refractivity contribution in [2.24, 2.45) is 0 Å². The van der Waals surface area contributed by atoms with Gasteiger partial charge in [-0.15, -0.1) is 0 Å². The van der Waals surface area contributed by atoms with Gasteiger partial charge in [0, 0.05) is 26.2 Å². The lowest BCUT2D eigenvalue weighted by Gasteiger charge is -2.25. The summed E-state index contributed by atoms with van der Waals surface area (Å²) in [7, 11) is 0. The summed E-state index contributed by atoms with van der Waals surface area (Å²) in [5.74, 6) is 0. The Labute approximate surface area is 113 Å². The van der Waals surface area contributed by atoms with Crippen LogP contribution in [0, 0.1) is 11.3 Å². The molecule has 1 aliphatic heterocycles. The van der Waals surface area contributed by atoms with E-state index in [0.717, 1.165) is 44.8 Å². The lowest BCUT2D eigenvalue weighted by Crippen LogP contribution is -2.32. The first kappa shape index (κ1) is 13.7. The van der Waals surface area contributed by atoms with E-state index in [1.807, 2.05) is 12.1 Å². The number of hydrogen-bond donors (Lipinski definition) is 2. The second-order valence-electron chi connectivity index (χ2n) is 4.76. The third kappa shape index (κ3) is 3.16. The lowest BCUT2D eigenvalue weighted by atomic mass is 10.1. The maximum absolute atomic E-state index is 9.02. The van der Waals surface area contributed by atoms with Crippen molar-refractivity contribution in [3.05, 3.63) is 23.8 Å². The van der Waals surface area contributed by atoms with Crippen LogP contribution >= 0.6 is 0 Å². The maximum Gasteiger partial charge on any atom is 0.101 e. The Morgan fingerprint density at radius 3 is 2.84 bits per heavy atom. The summed E-state index contributed by atoms with van der Waals surface area (Å²) >= 11 is 0. The monoisotopic (exact) mass is 260 g/mol. The van der Waals surface area contributed by atoms with Crippen molar-refractivity contribution in [2.75, 3.05) is 50.0 Å². The zero-order valence-electron chi connectivity index (χ0n) is 11.0. The van der Waals surface area contributed by atoms with Crippen molar-refractivity contribution in [3.63, 3.8) is 0 Å². The predicted octanol–water partition coefficient (Wildman–Crippen LogP) is 0.645. The van der Waals surface area contributed by atoms with Crippen LogP contribution in [0.3, 0.4) is 0 Å². The highest BCUT2D eigenvalue weighted by Crippen LogP contribution is 2.27. The summed E-state index contributed by atoms with van der Waals surface area (Å²) in [5, 5.41) is 18.0. The van der Waals surface area contributed by atoms with Gasteiger partial charge in [0.15, 0.2) is 0 Å². The molecule has 5 nitrogen and oxygen atoms in total. The van der Waals surface area contributed by atoms with Gasteiger partial charge in [-0.25, -0.2) is 0 Å². The number of β-amino-alcohol motifs (C(OH)–C–C–N with tert-alkyl or cyclic N) is 1. The topological polar surface area (TPSA) is 76.5 Å². The molecule has 0 bridgehead atoms. The first-order valence-corrected chi connectivity index (χ1v) is 6.63. The molecular formula is C14H20N4O. The SMILES string of the molecule is N#Cc1cccc(N2CCCN(CCO)CC2)c1N. The molecule has 3 N–H and O–H groups in total. The fourth-order valence-electron chi connectivity index (χ4n) is 2.50. The molecule has 1 aromatic carbocycles. The van der Waals surface area contributed by atoms with Crippen LogP contribution in [0.1, 0.15) is 12.0 Å². The smallest absolute Gasteiger partial charge is 0.101 e. The quantitative estimate of drug-likeness (QED) is 0.780. The molecule has 1 aromatic rings. The molecule has 1 heterocycles. The minimum absolute atomic E-state index is 0.200. The van der Waals surface area contributed by atoms with Gasteiger partial charge in [0.2, 0.25) is 0 Å². The number of nitrogen functional groups attached to an aromatic ring is 1. The summed E-state index contributed by atoms with van der Waals surface area (Å²) in [4.78, 5) is 4.48. The molecule has 1 saturated heterocycles. The van der Waals surface area contributed by atoms with Crippen molar-refractivity contribution >= 4 is 11.4 Å². The van der Waals surface area contributed by atoms with E-state index >= 15 is 0 Å². The summed E-state index contributed by atoms with van der Waals surface area (Å²) in [6.07, 6.45) is 1.04. The number of nitrogens with two attached hydrogens (primary N) is 1. The van der Waals surface area contributed by atoms with Gasteiger partial charge in [0.1, 0.15) is 6.07 Å². The number of para-hydroxylation sites is 1. The van der Waals surface area contributed by atoms with Crippen LogP contribution in [0.2, 0.25) is 0 Å². The second-order valence-corrected chi connectivity index (χ2v) is 4.76. The molecule has 0 saturated carbocycles. The fourth-order valence-corrected chi connectivity index (χ4v) is 2.50. The van der Waals surface area contributed by atoms with Crippen LogP contribution in [0.15, 0.2) is 18.2 Å². The zero-order valence-corrected chi connectivity index (χ0v) is 11.0. The summed E-state index contributed by atoms with van der Waals surface area (Å²) < 4.78 is 0. The molecule has 102 valence electrons. The van der Waals surface area contributed by atoms with Gasteiger partial charge in [0.25, 0.3) is 0 Å². The van der Waals surface area contributed by atoms with E-state index in [0.29, 0.717) is 11.3 Å². The van der Waals surface area contributed by atoms with E-state index in [1.165, 1.54) is 0 Å². The summed E-state index contributed by atoms with van der Waals surface area (Å²) in [6.45, 7) is 4.64. The third-order valence-corrected chi connectivity index (χ3v) is 3.55. The van der Waals surface area contributed by atoms with E-state index in [2.05, 4.69) is 15.9 Å². The molecular weight excluding hydrogens is 240 g/mol. The molecule has 1 aliphatic rings. The largest absolute Gasteiger partial charge is 0.396 e. The van der Waals surface area contributed by atoms with Crippen molar-refractivity contribution in [1.29, 1.82) is 5.26 Å². The van der Waals surface area contributed by atoms with E-state index in [4.69, 9.17) is 16.1 Å². The fraction of sp³-hybridized carbons (Fsp3) is 0.500. The Morgan fingerprint density at radius 1 is 1.26 bits per heavy atom.